The molecule has 0 aliphatic heterocycles. The predicted molar refractivity (Wildman–Crippen MR) is 122 cm³/mol. The SMILES string of the molecule is CP(c1ccccc1)(c1ccccc1)(c1ccccc1)c1cccc(Cl)c1. The van der Waals surface area contributed by atoms with Gasteiger partial charge in [0.2, 0.25) is 0 Å². The van der Waals surface area contributed by atoms with Crippen molar-refractivity contribution in [1.29, 1.82) is 0 Å². The first-order valence-electron chi connectivity index (χ1n) is 9.08. The van der Waals surface area contributed by atoms with Gasteiger partial charge in [-0.1, -0.05) is 0 Å². The second kappa shape index (κ2) is 6.97. The van der Waals surface area contributed by atoms with E-state index in [0.717, 1.165) is 5.02 Å². The first kappa shape index (κ1) is 18.0. The van der Waals surface area contributed by atoms with Gasteiger partial charge in [0.05, 0.1) is 0 Å². The summed E-state index contributed by atoms with van der Waals surface area (Å²) in [7, 11) is 0. The van der Waals surface area contributed by atoms with E-state index in [-0.39, 0.29) is 0 Å². The summed E-state index contributed by atoms with van der Waals surface area (Å²) in [6.07, 6.45) is 0. The molecule has 27 heavy (non-hydrogen) atoms. The van der Waals surface area contributed by atoms with Crippen LogP contribution in [0, 0.1) is 0 Å². The number of benzene rings is 4. The van der Waals surface area contributed by atoms with Gasteiger partial charge in [-0.2, -0.15) is 0 Å². The molecule has 0 aliphatic rings. The van der Waals surface area contributed by atoms with E-state index in [1.165, 1.54) is 21.2 Å². The molecular weight excluding hydrogens is 367 g/mol. The number of hydrogen-bond donors (Lipinski definition) is 0. The van der Waals surface area contributed by atoms with E-state index >= 15 is 0 Å². The van der Waals surface area contributed by atoms with E-state index < -0.39 is 6.60 Å². The van der Waals surface area contributed by atoms with Crippen molar-refractivity contribution in [2.75, 3.05) is 6.66 Å². The van der Waals surface area contributed by atoms with Gasteiger partial charge in [-0.25, -0.2) is 0 Å². The van der Waals surface area contributed by atoms with Crippen LogP contribution in [0.25, 0.3) is 0 Å². The first-order valence-corrected chi connectivity index (χ1v) is 12.1. The fourth-order valence-electron chi connectivity index (χ4n) is 4.12. The van der Waals surface area contributed by atoms with Crippen LogP contribution in [-0.4, -0.2) is 6.66 Å². The number of hydrogen-bond acceptors (Lipinski definition) is 0. The minimum atomic E-state index is -2.93. The molecule has 0 aliphatic carbocycles. The van der Waals surface area contributed by atoms with Gasteiger partial charge in [0.15, 0.2) is 0 Å². The normalized spacial score (nSPS) is 12.9. The van der Waals surface area contributed by atoms with Crippen molar-refractivity contribution in [2.24, 2.45) is 0 Å². The van der Waals surface area contributed by atoms with Crippen LogP contribution >= 0.6 is 18.2 Å². The van der Waals surface area contributed by atoms with Gasteiger partial charge < -0.3 is 0 Å². The van der Waals surface area contributed by atoms with E-state index in [9.17, 15) is 0 Å². The molecule has 0 saturated heterocycles. The van der Waals surface area contributed by atoms with E-state index in [2.05, 4.69) is 116 Å². The molecule has 0 saturated carbocycles. The zero-order valence-electron chi connectivity index (χ0n) is 15.3. The second-order valence-corrected chi connectivity index (χ2v) is 12.7. The molecule has 0 spiro atoms. The zero-order chi connectivity index (χ0) is 18.8. The van der Waals surface area contributed by atoms with Crippen molar-refractivity contribution in [3.05, 3.63) is 120 Å². The van der Waals surface area contributed by atoms with Gasteiger partial charge in [0.25, 0.3) is 0 Å². The van der Waals surface area contributed by atoms with Gasteiger partial charge >= 0.3 is 166 Å². The number of rotatable bonds is 4. The molecule has 4 rings (SSSR count). The summed E-state index contributed by atoms with van der Waals surface area (Å²) in [6.45, 7) is -0.492. The van der Waals surface area contributed by atoms with Gasteiger partial charge in [-0.3, -0.25) is 0 Å². The van der Waals surface area contributed by atoms with E-state index in [1.807, 2.05) is 6.07 Å². The van der Waals surface area contributed by atoms with Crippen LogP contribution in [0.2, 0.25) is 5.02 Å². The minimum absolute atomic E-state index is 0.770. The summed E-state index contributed by atoms with van der Waals surface area (Å²) >= 11 is 6.50. The standard InChI is InChI=1S/C25H22ClP/c1-27(22-13-5-2-6-14-22,23-15-7-3-8-16-23,24-17-9-4-10-18-24)25-19-11-12-21(26)20-25/h2-20H,1H3. The molecule has 134 valence electrons. The molecule has 4 aromatic rings. The molecule has 0 N–H and O–H groups in total. The number of halogens is 1. The molecule has 0 amide bonds. The molecular formula is C25H22ClP. The molecule has 4 aromatic carbocycles. The van der Waals surface area contributed by atoms with Crippen molar-refractivity contribution in [3.8, 4) is 0 Å². The Morgan fingerprint density at radius 3 is 1.22 bits per heavy atom. The van der Waals surface area contributed by atoms with Gasteiger partial charge in [-0.15, -0.1) is 0 Å². The van der Waals surface area contributed by atoms with Crippen LogP contribution in [0.1, 0.15) is 0 Å². The molecule has 2 heteroatoms. The third-order valence-corrected chi connectivity index (χ3v) is 12.2. The van der Waals surface area contributed by atoms with E-state index in [1.54, 1.807) is 0 Å². The Hall–Kier alpha value is -2.40. The van der Waals surface area contributed by atoms with Crippen molar-refractivity contribution < 1.29 is 0 Å². The average Bonchev–Trinajstić information content (AvgIpc) is 2.75. The zero-order valence-corrected chi connectivity index (χ0v) is 16.9. The van der Waals surface area contributed by atoms with Crippen LogP contribution in [0.3, 0.4) is 0 Å². The maximum atomic E-state index is 6.50. The molecule has 0 heterocycles. The van der Waals surface area contributed by atoms with Crippen LogP contribution in [-0.2, 0) is 0 Å². The molecule has 0 radical (unpaired) electrons. The van der Waals surface area contributed by atoms with Crippen molar-refractivity contribution >= 4 is 39.4 Å². The van der Waals surface area contributed by atoms with Crippen LogP contribution in [0.4, 0.5) is 0 Å². The molecule has 0 atom stereocenters. The van der Waals surface area contributed by atoms with E-state index in [0.29, 0.717) is 0 Å². The quantitative estimate of drug-likeness (QED) is 0.425. The predicted octanol–water partition coefficient (Wildman–Crippen LogP) is 5.12. The Kier molecular flexibility index (Phi) is 4.64. The summed E-state index contributed by atoms with van der Waals surface area (Å²) < 4.78 is 0. The van der Waals surface area contributed by atoms with Gasteiger partial charge in [-0.05, 0) is 0 Å². The Balaban J connectivity index is 2.24. The molecule has 0 aromatic heterocycles. The summed E-state index contributed by atoms with van der Waals surface area (Å²) in [6, 6.07) is 41.0. The Morgan fingerprint density at radius 2 is 0.852 bits per heavy atom. The Bertz CT molecular complexity index is 944. The monoisotopic (exact) mass is 388 g/mol. The second-order valence-electron chi connectivity index (χ2n) is 7.05. The first-order chi connectivity index (χ1) is 13.1. The summed E-state index contributed by atoms with van der Waals surface area (Å²) in [5, 5.41) is 6.05. The third kappa shape index (κ3) is 2.72. The molecule has 0 bridgehead atoms. The maximum absolute atomic E-state index is 6.50. The van der Waals surface area contributed by atoms with Crippen molar-refractivity contribution in [3.63, 3.8) is 0 Å². The topological polar surface area (TPSA) is 0 Å². The molecule has 0 fully saturated rings. The fourth-order valence-corrected chi connectivity index (χ4v) is 9.85. The van der Waals surface area contributed by atoms with Crippen LogP contribution < -0.4 is 21.2 Å². The van der Waals surface area contributed by atoms with Gasteiger partial charge in [0.1, 0.15) is 0 Å². The summed E-state index contributed by atoms with van der Waals surface area (Å²) in [5.41, 5.74) is 0. The fraction of sp³-hybridized carbons (Fsp3) is 0.0400. The van der Waals surface area contributed by atoms with Gasteiger partial charge in [0, 0.05) is 0 Å². The van der Waals surface area contributed by atoms with Crippen LogP contribution in [0.15, 0.2) is 115 Å². The Morgan fingerprint density at radius 1 is 0.481 bits per heavy atom. The molecule has 0 nitrogen and oxygen atoms in total. The van der Waals surface area contributed by atoms with Crippen LogP contribution in [0.5, 0.6) is 0 Å². The average molecular weight is 389 g/mol. The summed E-state index contributed by atoms with van der Waals surface area (Å²) in [4.78, 5) is 0. The third-order valence-electron chi connectivity index (χ3n) is 5.66. The summed E-state index contributed by atoms with van der Waals surface area (Å²) in [5.74, 6) is 0. The Labute approximate surface area is 166 Å². The van der Waals surface area contributed by atoms with Crippen molar-refractivity contribution in [1.82, 2.24) is 0 Å². The van der Waals surface area contributed by atoms with Crippen molar-refractivity contribution in [2.45, 2.75) is 0 Å². The molecule has 0 unspecified atom stereocenters. The van der Waals surface area contributed by atoms with E-state index in [4.69, 9.17) is 11.6 Å².